The highest BCUT2D eigenvalue weighted by atomic mass is 16.3. The lowest BCUT2D eigenvalue weighted by atomic mass is 9.91. The molecule has 0 aliphatic heterocycles. The van der Waals surface area contributed by atoms with E-state index in [0.29, 0.717) is 0 Å². The molecule has 2 atom stereocenters. The van der Waals surface area contributed by atoms with Gasteiger partial charge in [0.05, 0.1) is 6.10 Å². The third-order valence-electron chi connectivity index (χ3n) is 3.49. The van der Waals surface area contributed by atoms with Crippen molar-refractivity contribution >= 4 is 0 Å². The first-order valence-electron chi connectivity index (χ1n) is 7.15. The third-order valence-corrected chi connectivity index (χ3v) is 3.49. The van der Waals surface area contributed by atoms with Gasteiger partial charge >= 0.3 is 0 Å². The molecule has 1 aromatic carbocycles. The van der Waals surface area contributed by atoms with Gasteiger partial charge in [0.15, 0.2) is 0 Å². The van der Waals surface area contributed by atoms with E-state index < -0.39 is 6.10 Å². The minimum absolute atomic E-state index is 0.175. The fourth-order valence-corrected chi connectivity index (χ4v) is 2.29. The van der Waals surface area contributed by atoms with Gasteiger partial charge in [-0.3, -0.25) is 0 Å². The molecule has 0 spiro atoms. The summed E-state index contributed by atoms with van der Waals surface area (Å²) in [6, 6.07) is 9.89. The minimum atomic E-state index is -0.408. The van der Waals surface area contributed by atoms with Crippen molar-refractivity contribution in [2.75, 3.05) is 0 Å². The van der Waals surface area contributed by atoms with Crippen LogP contribution in [0, 0.1) is 5.92 Å². The van der Waals surface area contributed by atoms with E-state index in [4.69, 9.17) is 0 Å². The van der Waals surface area contributed by atoms with Crippen LogP contribution in [0.15, 0.2) is 43.0 Å². The number of aliphatic hydroxyl groups is 1. The van der Waals surface area contributed by atoms with Crippen molar-refractivity contribution < 1.29 is 5.11 Å². The lowest BCUT2D eigenvalue weighted by Gasteiger charge is -2.20. The van der Waals surface area contributed by atoms with Gasteiger partial charge in [-0.05, 0) is 12.0 Å². The second kappa shape index (κ2) is 8.93. The molecule has 0 radical (unpaired) electrons. The number of rotatable bonds is 9. The zero-order valence-corrected chi connectivity index (χ0v) is 11.5. The Balaban J connectivity index is 2.38. The topological polar surface area (TPSA) is 20.2 Å². The molecule has 100 valence electrons. The van der Waals surface area contributed by atoms with Crippen LogP contribution in [0.1, 0.15) is 57.1 Å². The molecule has 1 nitrogen and oxygen atoms in total. The Hall–Kier alpha value is -1.08. The van der Waals surface area contributed by atoms with Crippen LogP contribution in [0.5, 0.6) is 0 Å². The van der Waals surface area contributed by atoms with E-state index in [9.17, 15) is 5.11 Å². The summed E-state index contributed by atoms with van der Waals surface area (Å²) in [5, 5.41) is 10.3. The molecule has 0 aromatic heterocycles. The summed E-state index contributed by atoms with van der Waals surface area (Å²) in [5.41, 5.74) is 0.996. The highest BCUT2D eigenvalue weighted by molar-refractivity contribution is 5.19. The molecule has 0 saturated carbocycles. The van der Waals surface area contributed by atoms with Gasteiger partial charge in [-0.15, -0.1) is 6.58 Å². The highest BCUT2D eigenvalue weighted by Crippen LogP contribution is 2.27. The SMILES string of the molecule is C=CC(CCCCCCC)C(O)c1ccccc1. The molecule has 1 heteroatoms. The first kappa shape index (κ1) is 15.0. The van der Waals surface area contributed by atoms with Crippen LogP contribution in [0.4, 0.5) is 0 Å². The summed E-state index contributed by atoms with van der Waals surface area (Å²) in [4.78, 5) is 0. The smallest absolute Gasteiger partial charge is 0.0852 e. The molecular weight excluding hydrogens is 220 g/mol. The molecule has 0 aliphatic carbocycles. The predicted octanol–water partition coefficient (Wildman–Crippen LogP) is 4.88. The van der Waals surface area contributed by atoms with E-state index in [1.165, 1.54) is 32.1 Å². The Labute approximate surface area is 112 Å². The molecular formula is C17H26O. The molecule has 18 heavy (non-hydrogen) atoms. The molecule has 1 rings (SSSR count). The molecule has 0 heterocycles. The van der Waals surface area contributed by atoms with Gasteiger partial charge < -0.3 is 5.11 Å². The van der Waals surface area contributed by atoms with Gasteiger partial charge in [0.1, 0.15) is 0 Å². The van der Waals surface area contributed by atoms with E-state index in [-0.39, 0.29) is 5.92 Å². The van der Waals surface area contributed by atoms with E-state index in [1.54, 1.807) is 0 Å². The number of benzene rings is 1. The van der Waals surface area contributed by atoms with Crippen molar-refractivity contribution in [1.82, 2.24) is 0 Å². The maximum absolute atomic E-state index is 10.3. The van der Waals surface area contributed by atoms with E-state index in [0.717, 1.165) is 12.0 Å². The lowest BCUT2D eigenvalue weighted by Crippen LogP contribution is -2.10. The minimum Gasteiger partial charge on any atom is -0.388 e. The monoisotopic (exact) mass is 246 g/mol. The molecule has 0 bridgehead atoms. The molecule has 1 aromatic rings. The Bertz CT molecular complexity index is 318. The van der Waals surface area contributed by atoms with Crippen molar-refractivity contribution in [3.63, 3.8) is 0 Å². The quantitative estimate of drug-likeness (QED) is 0.486. The van der Waals surface area contributed by atoms with E-state index >= 15 is 0 Å². The zero-order valence-electron chi connectivity index (χ0n) is 11.5. The average Bonchev–Trinajstić information content (AvgIpc) is 2.43. The van der Waals surface area contributed by atoms with Crippen molar-refractivity contribution in [3.05, 3.63) is 48.6 Å². The maximum atomic E-state index is 10.3. The Morgan fingerprint density at radius 2 is 1.78 bits per heavy atom. The van der Waals surface area contributed by atoms with Crippen LogP contribution < -0.4 is 0 Å². The standard InChI is InChI=1S/C17H26O/c1-3-5-6-7-9-12-15(4-2)17(18)16-13-10-8-11-14-16/h4,8,10-11,13-15,17-18H,2-3,5-7,9,12H2,1H3. The van der Waals surface area contributed by atoms with Gasteiger partial charge in [0.2, 0.25) is 0 Å². The highest BCUT2D eigenvalue weighted by Gasteiger charge is 2.16. The second-order valence-corrected chi connectivity index (χ2v) is 4.96. The Kier molecular flexibility index (Phi) is 7.43. The summed E-state index contributed by atoms with van der Waals surface area (Å²) in [6.07, 6.45) is 8.87. The van der Waals surface area contributed by atoms with Gasteiger partial charge in [-0.25, -0.2) is 0 Å². The summed E-state index contributed by atoms with van der Waals surface area (Å²) >= 11 is 0. The molecule has 0 saturated heterocycles. The fraction of sp³-hybridized carbons (Fsp3) is 0.529. The Morgan fingerprint density at radius 1 is 1.11 bits per heavy atom. The average molecular weight is 246 g/mol. The predicted molar refractivity (Wildman–Crippen MR) is 78.5 cm³/mol. The van der Waals surface area contributed by atoms with Crippen molar-refractivity contribution in [1.29, 1.82) is 0 Å². The zero-order chi connectivity index (χ0) is 13.2. The molecule has 1 N–H and O–H groups in total. The number of unbranched alkanes of at least 4 members (excludes halogenated alkanes) is 4. The number of aliphatic hydroxyl groups excluding tert-OH is 1. The van der Waals surface area contributed by atoms with Crippen LogP contribution in [-0.2, 0) is 0 Å². The van der Waals surface area contributed by atoms with Crippen molar-refractivity contribution in [3.8, 4) is 0 Å². The first-order valence-corrected chi connectivity index (χ1v) is 7.15. The summed E-state index contributed by atoms with van der Waals surface area (Å²) in [5.74, 6) is 0.175. The van der Waals surface area contributed by atoms with Crippen LogP contribution in [0.3, 0.4) is 0 Å². The first-order chi connectivity index (χ1) is 8.79. The van der Waals surface area contributed by atoms with E-state index in [2.05, 4.69) is 13.5 Å². The molecule has 0 amide bonds. The normalized spacial score (nSPS) is 14.1. The summed E-state index contributed by atoms with van der Waals surface area (Å²) in [6.45, 7) is 6.09. The van der Waals surface area contributed by atoms with Gasteiger partial charge in [0, 0.05) is 5.92 Å². The molecule has 0 fully saturated rings. The van der Waals surface area contributed by atoms with Gasteiger partial charge in [0.25, 0.3) is 0 Å². The largest absolute Gasteiger partial charge is 0.388 e. The van der Waals surface area contributed by atoms with Crippen LogP contribution >= 0.6 is 0 Å². The maximum Gasteiger partial charge on any atom is 0.0852 e. The van der Waals surface area contributed by atoms with Gasteiger partial charge in [-0.2, -0.15) is 0 Å². The van der Waals surface area contributed by atoms with Crippen LogP contribution in [0.2, 0.25) is 0 Å². The number of hydrogen-bond acceptors (Lipinski definition) is 1. The fourth-order valence-electron chi connectivity index (χ4n) is 2.29. The van der Waals surface area contributed by atoms with Crippen LogP contribution in [-0.4, -0.2) is 5.11 Å². The van der Waals surface area contributed by atoms with Gasteiger partial charge in [-0.1, -0.05) is 75.4 Å². The second-order valence-electron chi connectivity index (χ2n) is 4.96. The third kappa shape index (κ3) is 5.05. The summed E-state index contributed by atoms with van der Waals surface area (Å²) < 4.78 is 0. The molecule has 2 unspecified atom stereocenters. The summed E-state index contributed by atoms with van der Waals surface area (Å²) in [7, 11) is 0. The van der Waals surface area contributed by atoms with Crippen LogP contribution in [0.25, 0.3) is 0 Å². The van der Waals surface area contributed by atoms with Crippen molar-refractivity contribution in [2.24, 2.45) is 5.92 Å². The van der Waals surface area contributed by atoms with E-state index in [1.807, 2.05) is 36.4 Å². The number of hydrogen-bond donors (Lipinski definition) is 1. The lowest BCUT2D eigenvalue weighted by molar-refractivity contribution is 0.125. The molecule has 0 aliphatic rings. The Morgan fingerprint density at radius 3 is 2.39 bits per heavy atom. The van der Waals surface area contributed by atoms with Crippen molar-refractivity contribution in [2.45, 2.75) is 51.6 Å².